The van der Waals surface area contributed by atoms with E-state index in [-0.39, 0.29) is 18.6 Å². The first-order valence-electron chi connectivity index (χ1n) is 5.56. The second-order valence-corrected chi connectivity index (χ2v) is 3.84. The van der Waals surface area contributed by atoms with Crippen molar-refractivity contribution >= 4 is 11.9 Å². The zero-order valence-corrected chi connectivity index (χ0v) is 9.98. The van der Waals surface area contributed by atoms with Gasteiger partial charge in [0.25, 0.3) is 0 Å². The molecule has 0 fully saturated rings. The molecule has 0 saturated carbocycles. The molecule has 2 aromatic rings. The van der Waals surface area contributed by atoms with Gasteiger partial charge in [-0.15, -0.1) is 0 Å². The van der Waals surface area contributed by atoms with Crippen LogP contribution in [0.25, 0.3) is 5.95 Å². The monoisotopic (exact) mass is 249 g/mol. The number of aliphatic hydroxyl groups is 1. The number of nitrogens with zero attached hydrogens (tertiary/aromatic N) is 5. The van der Waals surface area contributed by atoms with Gasteiger partial charge in [-0.1, -0.05) is 0 Å². The number of hydrogen-bond acceptors (Lipinski definition) is 7. The SMILES string of the molecule is CC(CCO)Nc1nc(N)nc(-n2ccnc2)n1. The van der Waals surface area contributed by atoms with Gasteiger partial charge < -0.3 is 16.2 Å². The van der Waals surface area contributed by atoms with Crippen molar-refractivity contribution in [2.45, 2.75) is 19.4 Å². The summed E-state index contributed by atoms with van der Waals surface area (Å²) in [6.07, 6.45) is 5.53. The van der Waals surface area contributed by atoms with Gasteiger partial charge in [0.05, 0.1) is 0 Å². The van der Waals surface area contributed by atoms with Crippen molar-refractivity contribution in [3.63, 3.8) is 0 Å². The summed E-state index contributed by atoms with van der Waals surface area (Å²) in [6, 6.07) is 0.0486. The molecule has 1 atom stereocenters. The average Bonchev–Trinajstić information content (AvgIpc) is 2.81. The maximum atomic E-state index is 8.84. The van der Waals surface area contributed by atoms with Gasteiger partial charge in [-0.25, -0.2) is 4.98 Å². The molecular formula is C10H15N7O. The first-order valence-corrected chi connectivity index (χ1v) is 5.56. The number of anilines is 2. The number of aromatic nitrogens is 5. The number of imidazole rings is 1. The summed E-state index contributed by atoms with van der Waals surface area (Å²) in [5, 5.41) is 11.9. The van der Waals surface area contributed by atoms with Crippen LogP contribution in [0.2, 0.25) is 0 Å². The van der Waals surface area contributed by atoms with E-state index in [1.165, 1.54) is 0 Å². The van der Waals surface area contributed by atoms with E-state index in [0.29, 0.717) is 18.3 Å². The summed E-state index contributed by atoms with van der Waals surface area (Å²) in [4.78, 5) is 16.2. The maximum Gasteiger partial charge on any atom is 0.241 e. The molecule has 2 heterocycles. The molecule has 0 aliphatic rings. The molecular weight excluding hydrogens is 234 g/mol. The number of aliphatic hydroxyl groups excluding tert-OH is 1. The Bertz CT molecular complexity index is 499. The van der Waals surface area contributed by atoms with Gasteiger partial charge in [0, 0.05) is 25.0 Å². The van der Waals surface area contributed by atoms with Crippen molar-refractivity contribution in [2.24, 2.45) is 0 Å². The van der Waals surface area contributed by atoms with E-state index < -0.39 is 0 Å². The predicted octanol–water partition coefficient (Wildman–Crippen LogP) is -0.178. The molecule has 8 nitrogen and oxygen atoms in total. The Morgan fingerprint density at radius 2 is 2.28 bits per heavy atom. The summed E-state index contributed by atoms with van der Waals surface area (Å²) in [5.74, 6) is 0.915. The molecule has 1 unspecified atom stereocenters. The fraction of sp³-hybridized carbons (Fsp3) is 0.400. The minimum Gasteiger partial charge on any atom is -0.396 e. The third-order valence-corrected chi connectivity index (χ3v) is 2.31. The largest absolute Gasteiger partial charge is 0.396 e. The molecule has 0 aliphatic heterocycles. The molecule has 0 amide bonds. The highest BCUT2D eigenvalue weighted by Crippen LogP contribution is 2.08. The molecule has 18 heavy (non-hydrogen) atoms. The Morgan fingerprint density at radius 1 is 1.44 bits per heavy atom. The number of nitrogens with two attached hydrogens (primary N) is 1. The molecule has 0 aliphatic carbocycles. The van der Waals surface area contributed by atoms with Crippen molar-refractivity contribution in [2.75, 3.05) is 17.7 Å². The molecule has 2 rings (SSSR count). The second-order valence-electron chi connectivity index (χ2n) is 3.84. The Hall–Kier alpha value is -2.22. The molecule has 0 aromatic carbocycles. The third-order valence-electron chi connectivity index (χ3n) is 2.31. The maximum absolute atomic E-state index is 8.84. The predicted molar refractivity (Wildman–Crippen MR) is 66.1 cm³/mol. The van der Waals surface area contributed by atoms with E-state index in [4.69, 9.17) is 10.8 Å². The lowest BCUT2D eigenvalue weighted by atomic mass is 10.2. The quantitative estimate of drug-likeness (QED) is 0.673. The van der Waals surface area contributed by atoms with Gasteiger partial charge in [0.2, 0.25) is 17.8 Å². The van der Waals surface area contributed by atoms with Crippen LogP contribution in [0.1, 0.15) is 13.3 Å². The number of nitrogen functional groups attached to an aromatic ring is 1. The molecule has 4 N–H and O–H groups in total. The summed E-state index contributed by atoms with van der Waals surface area (Å²) in [7, 11) is 0. The third kappa shape index (κ3) is 2.92. The van der Waals surface area contributed by atoms with Gasteiger partial charge in [-0.3, -0.25) is 4.57 Å². The molecule has 0 spiro atoms. The molecule has 0 radical (unpaired) electrons. The molecule has 8 heteroatoms. The van der Waals surface area contributed by atoms with Gasteiger partial charge >= 0.3 is 0 Å². The first kappa shape index (κ1) is 12.2. The van der Waals surface area contributed by atoms with Crippen molar-refractivity contribution < 1.29 is 5.11 Å². The highest BCUT2D eigenvalue weighted by molar-refractivity contribution is 5.35. The normalized spacial score (nSPS) is 12.3. The van der Waals surface area contributed by atoms with Crippen LogP contribution in [-0.2, 0) is 0 Å². The fourth-order valence-corrected chi connectivity index (χ4v) is 1.42. The van der Waals surface area contributed by atoms with Crippen LogP contribution >= 0.6 is 0 Å². The van der Waals surface area contributed by atoms with Crippen LogP contribution in [0.5, 0.6) is 0 Å². The van der Waals surface area contributed by atoms with Crippen molar-refractivity contribution in [3.05, 3.63) is 18.7 Å². The van der Waals surface area contributed by atoms with E-state index in [9.17, 15) is 0 Å². The van der Waals surface area contributed by atoms with E-state index in [0.717, 1.165) is 0 Å². The van der Waals surface area contributed by atoms with E-state index >= 15 is 0 Å². The molecule has 0 bridgehead atoms. The van der Waals surface area contributed by atoms with Gasteiger partial charge in [-0.05, 0) is 13.3 Å². The number of hydrogen-bond donors (Lipinski definition) is 3. The number of rotatable bonds is 5. The summed E-state index contributed by atoms with van der Waals surface area (Å²) in [6.45, 7) is 2.02. The first-order chi connectivity index (χ1) is 8.69. The molecule has 0 saturated heterocycles. The minimum atomic E-state index is 0.0486. The topological polar surface area (TPSA) is 115 Å². The van der Waals surface area contributed by atoms with E-state index in [2.05, 4.69) is 25.3 Å². The van der Waals surface area contributed by atoms with E-state index in [1.54, 1.807) is 23.3 Å². The van der Waals surface area contributed by atoms with Crippen molar-refractivity contribution in [1.82, 2.24) is 24.5 Å². The summed E-state index contributed by atoms with van der Waals surface area (Å²) in [5.41, 5.74) is 5.63. The minimum absolute atomic E-state index is 0.0486. The fourth-order valence-electron chi connectivity index (χ4n) is 1.42. The number of nitrogens with one attached hydrogen (secondary N) is 1. The lowest BCUT2D eigenvalue weighted by Gasteiger charge is -2.12. The summed E-state index contributed by atoms with van der Waals surface area (Å²) >= 11 is 0. The summed E-state index contributed by atoms with van der Waals surface area (Å²) < 4.78 is 1.64. The Morgan fingerprint density at radius 3 is 2.94 bits per heavy atom. The van der Waals surface area contributed by atoms with E-state index in [1.807, 2.05) is 6.92 Å². The zero-order chi connectivity index (χ0) is 13.0. The van der Waals surface area contributed by atoms with Gasteiger partial charge in [0.1, 0.15) is 6.33 Å². The van der Waals surface area contributed by atoms with Gasteiger partial charge in [0.15, 0.2) is 0 Å². The average molecular weight is 249 g/mol. The second kappa shape index (κ2) is 5.41. The lowest BCUT2D eigenvalue weighted by molar-refractivity contribution is 0.282. The smallest absolute Gasteiger partial charge is 0.241 e. The van der Waals surface area contributed by atoms with Crippen LogP contribution in [0.15, 0.2) is 18.7 Å². The Kier molecular flexibility index (Phi) is 3.68. The highest BCUT2D eigenvalue weighted by Gasteiger charge is 2.08. The molecule has 96 valence electrons. The van der Waals surface area contributed by atoms with Crippen LogP contribution in [0, 0.1) is 0 Å². The Balaban J connectivity index is 2.22. The van der Waals surface area contributed by atoms with Crippen molar-refractivity contribution in [1.29, 1.82) is 0 Å². The zero-order valence-electron chi connectivity index (χ0n) is 9.98. The van der Waals surface area contributed by atoms with Crippen LogP contribution < -0.4 is 11.1 Å². The van der Waals surface area contributed by atoms with Gasteiger partial charge in [-0.2, -0.15) is 15.0 Å². The van der Waals surface area contributed by atoms with Crippen LogP contribution in [0.4, 0.5) is 11.9 Å². The standard InChI is InChI=1S/C10H15N7O/c1-7(2-5-18)13-9-14-8(11)15-10(16-9)17-4-3-12-6-17/h3-4,6-7,18H,2,5H2,1H3,(H3,11,13,14,15,16). The lowest BCUT2D eigenvalue weighted by Crippen LogP contribution is -2.20. The van der Waals surface area contributed by atoms with Crippen LogP contribution in [-0.4, -0.2) is 42.3 Å². The Labute approximate surface area is 104 Å². The molecule has 2 aromatic heterocycles. The highest BCUT2D eigenvalue weighted by atomic mass is 16.3. The van der Waals surface area contributed by atoms with Crippen molar-refractivity contribution in [3.8, 4) is 5.95 Å². The van der Waals surface area contributed by atoms with Crippen LogP contribution in [0.3, 0.4) is 0 Å².